The van der Waals surface area contributed by atoms with Crippen LogP contribution in [0.1, 0.15) is 5.56 Å². The highest BCUT2D eigenvalue weighted by atomic mass is 16.6. The quantitative estimate of drug-likeness (QED) is 0.613. The minimum atomic E-state index is -0.294. The summed E-state index contributed by atoms with van der Waals surface area (Å²) in [6, 6.07) is 5.48. The van der Waals surface area contributed by atoms with E-state index in [0.717, 1.165) is 57.1 Å². The van der Waals surface area contributed by atoms with Crippen LogP contribution in [0.4, 0.5) is 11.4 Å². The number of anilines is 1. The highest BCUT2D eigenvalue weighted by Gasteiger charge is 2.19. The largest absolute Gasteiger partial charge is 0.378 e. The molecule has 1 aromatic carbocycles. The molecule has 7 nitrogen and oxygen atoms in total. The third-order valence-electron chi connectivity index (χ3n) is 4.55. The summed E-state index contributed by atoms with van der Waals surface area (Å²) in [6.07, 6.45) is 0. The van der Waals surface area contributed by atoms with Crippen LogP contribution in [0.25, 0.3) is 0 Å². The second-order valence-electron chi connectivity index (χ2n) is 6.29. The zero-order chi connectivity index (χ0) is 16.2. The van der Waals surface area contributed by atoms with E-state index in [0.29, 0.717) is 13.2 Å². The van der Waals surface area contributed by atoms with Crippen molar-refractivity contribution in [3.63, 3.8) is 0 Å². The van der Waals surface area contributed by atoms with Crippen molar-refractivity contribution in [2.24, 2.45) is 0 Å². The molecule has 1 aromatic rings. The van der Waals surface area contributed by atoms with Crippen LogP contribution < -0.4 is 4.90 Å². The first-order valence-electron chi connectivity index (χ1n) is 8.14. The Kier molecular flexibility index (Phi) is 5.09. The van der Waals surface area contributed by atoms with Crippen molar-refractivity contribution in [3.8, 4) is 0 Å². The first-order chi connectivity index (χ1) is 11.1. The Hall–Kier alpha value is -1.70. The van der Waals surface area contributed by atoms with Gasteiger partial charge in [-0.05, 0) is 18.7 Å². The van der Waals surface area contributed by atoms with Crippen molar-refractivity contribution in [3.05, 3.63) is 33.9 Å². The fourth-order valence-corrected chi connectivity index (χ4v) is 3.12. The number of likely N-dealkylation sites (N-methyl/N-ethyl adjacent to an activating group) is 1. The number of non-ortho nitro benzene ring substituents is 1. The van der Waals surface area contributed by atoms with Gasteiger partial charge in [-0.3, -0.25) is 15.0 Å². The zero-order valence-electron chi connectivity index (χ0n) is 13.6. The van der Waals surface area contributed by atoms with Crippen LogP contribution in [-0.4, -0.2) is 74.3 Å². The van der Waals surface area contributed by atoms with Crippen LogP contribution in [0.5, 0.6) is 0 Å². The number of piperazine rings is 1. The monoisotopic (exact) mass is 320 g/mol. The topological polar surface area (TPSA) is 62.1 Å². The number of rotatable bonds is 4. The van der Waals surface area contributed by atoms with Crippen LogP contribution in [0, 0.1) is 10.1 Å². The Morgan fingerprint density at radius 1 is 1.09 bits per heavy atom. The van der Waals surface area contributed by atoms with Gasteiger partial charge in [0.1, 0.15) is 0 Å². The van der Waals surface area contributed by atoms with Gasteiger partial charge in [-0.25, -0.2) is 0 Å². The van der Waals surface area contributed by atoms with E-state index in [4.69, 9.17) is 4.74 Å². The summed E-state index contributed by atoms with van der Waals surface area (Å²) < 4.78 is 5.37. The minimum absolute atomic E-state index is 0.179. The molecule has 2 aliphatic rings. The maximum Gasteiger partial charge on any atom is 0.271 e. The van der Waals surface area contributed by atoms with Crippen molar-refractivity contribution in [1.29, 1.82) is 0 Å². The maximum absolute atomic E-state index is 11.3. The van der Waals surface area contributed by atoms with Crippen LogP contribution in [-0.2, 0) is 11.3 Å². The van der Waals surface area contributed by atoms with Crippen LogP contribution in [0.3, 0.4) is 0 Å². The van der Waals surface area contributed by atoms with Gasteiger partial charge in [0.15, 0.2) is 0 Å². The summed E-state index contributed by atoms with van der Waals surface area (Å²) in [5.41, 5.74) is 2.13. The van der Waals surface area contributed by atoms with E-state index in [1.807, 2.05) is 0 Å². The molecule has 0 N–H and O–H groups in total. The molecule has 0 radical (unpaired) electrons. The molecule has 2 aliphatic heterocycles. The van der Waals surface area contributed by atoms with E-state index in [2.05, 4.69) is 27.8 Å². The SMILES string of the molecule is CN1CCN(Cc2cc(N3CCOCC3)cc([N+](=O)[O-])c2)CC1. The Morgan fingerprint density at radius 3 is 2.43 bits per heavy atom. The Bertz CT molecular complexity index is 552. The van der Waals surface area contributed by atoms with E-state index in [1.165, 1.54) is 0 Å². The number of hydrogen-bond donors (Lipinski definition) is 0. The summed E-state index contributed by atoms with van der Waals surface area (Å²) >= 11 is 0. The molecule has 3 rings (SSSR count). The molecule has 2 heterocycles. The molecule has 7 heteroatoms. The Labute approximate surface area is 136 Å². The molecule has 0 aliphatic carbocycles. The molecule has 0 amide bonds. The molecule has 2 saturated heterocycles. The number of nitro benzene ring substituents is 1. The minimum Gasteiger partial charge on any atom is -0.378 e. The second-order valence-corrected chi connectivity index (χ2v) is 6.29. The van der Waals surface area contributed by atoms with E-state index in [9.17, 15) is 10.1 Å². The standard InChI is InChI=1S/C16H24N4O3/c1-17-2-4-18(5-3-17)13-14-10-15(12-16(11-14)20(21)22)19-6-8-23-9-7-19/h10-12H,2-9,13H2,1H3. The number of hydrogen-bond acceptors (Lipinski definition) is 6. The van der Waals surface area contributed by atoms with Gasteiger partial charge in [-0.2, -0.15) is 0 Å². The van der Waals surface area contributed by atoms with E-state index in [1.54, 1.807) is 12.1 Å². The van der Waals surface area contributed by atoms with E-state index in [-0.39, 0.29) is 10.6 Å². The molecular formula is C16H24N4O3. The summed E-state index contributed by atoms with van der Waals surface area (Å²) in [7, 11) is 2.13. The molecule has 23 heavy (non-hydrogen) atoms. The van der Waals surface area contributed by atoms with Gasteiger partial charge in [0.2, 0.25) is 0 Å². The third-order valence-corrected chi connectivity index (χ3v) is 4.55. The molecular weight excluding hydrogens is 296 g/mol. The van der Waals surface area contributed by atoms with Crippen molar-refractivity contribution in [2.45, 2.75) is 6.54 Å². The van der Waals surface area contributed by atoms with Crippen LogP contribution >= 0.6 is 0 Å². The van der Waals surface area contributed by atoms with Crippen LogP contribution in [0.2, 0.25) is 0 Å². The van der Waals surface area contributed by atoms with Gasteiger partial charge < -0.3 is 14.5 Å². The van der Waals surface area contributed by atoms with Gasteiger partial charge in [0.25, 0.3) is 5.69 Å². The lowest BCUT2D eigenvalue weighted by Crippen LogP contribution is -2.43. The number of morpholine rings is 1. The van der Waals surface area contributed by atoms with Gasteiger partial charge >= 0.3 is 0 Å². The molecule has 126 valence electrons. The molecule has 0 aromatic heterocycles. The summed E-state index contributed by atoms with van der Waals surface area (Å²) in [5.74, 6) is 0. The molecule has 0 bridgehead atoms. The molecule has 0 saturated carbocycles. The smallest absolute Gasteiger partial charge is 0.271 e. The lowest BCUT2D eigenvalue weighted by atomic mass is 10.1. The van der Waals surface area contributed by atoms with Crippen molar-refractivity contribution in [1.82, 2.24) is 9.80 Å². The summed E-state index contributed by atoms with van der Waals surface area (Å²) in [4.78, 5) is 17.8. The fourth-order valence-electron chi connectivity index (χ4n) is 3.12. The highest BCUT2D eigenvalue weighted by Crippen LogP contribution is 2.26. The fraction of sp³-hybridized carbons (Fsp3) is 0.625. The maximum atomic E-state index is 11.3. The van der Waals surface area contributed by atoms with E-state index >= 15 is 0 Å². The third kappa shape index (κ3) is 4.19. The number of nitro groups is 1. The lowest BCUT2D eigenvalue weighted by molar-refractivity contribution is -0.384. The first kappa shape index (κ1) is 16.2. The van der Waals surface area contributed by atoms with Crippen molar-refractivity contribution in [2.75, 3.05) is 64.4 Å². The zero-order valence-corrected chi connectivity index (χ0v) is 13.6. The van der Waals surface area contributed by atoms with E-state index < -0.39 is 0 Å². The number of ether oxygens (including phenoxy) is 1. The lowest BCUT2D eigenvalue weighted by Gasteiger charge is -2.33. The van der Waals surface area contributed by atoms with Crippen molar-refractivity contribution < 1.29 is 9.66 Å². The number of benzene rings is 1. The van der Waals surface area contributed by atoms with Gasteiger partial charge in [-0.15, -0.1) is 0 Å². The molecule has 0 atom stereocenters. The second kappa shape index (κ2) is 7.25. The normalized spacial score (nSPS) is 20.7. The molecule has 2 fully saturated rings. The van der Waals surface area contributed by atoms with Gasteiger partial charge in [0, 0.05) is 63.6 Å². The molecule has 0 spiro atoms. The Balaban J connectivity index is 1.78. The van der Waals surface area contributed by atoms with Crippen LogP contribution in [0.15, 0.2) is 18.2 Å². The van der Waals surface area contributed by atoms with Gasteiger partial charge in [-0.1, -0.05) is 0 Å². The number of nitrogens with zero attached hydrogens (tertiary/aromatic N) is 4. The van der Waals surface area contributed by atoms with Gasteiger partial charge in [0.05, 0.1) is 18.1 Å². The molecule has 0 unspecified atom stereocenters. The van der Waals surface area contributed by atoms with Crippen molar-refractivity contribution >= 4 is 11.4 Å². The highest BCUT2D eigenvalue weighted by molar-refractivity contribution is 5.56. The predicted molar refractivity (Wildman–Crippen MR) is 88.9 cm³/mol. The first-order valence-corrected chi connectivity index (χ1v) is 8.14. The average molecular weight is 320 g/mol. The average Bonchev–Trinajstić information content (AvgIpc) is 2.57. The summed E-state index contributed by atoms with van der Waals surface area (Å²) in [6.45, 7) is 7.80. The summed E-state index contributed by atoms with van der Waals surface area (Å²) in [5, 5.41) is 11.3. The predicted octanol–water partition coefficient (Wildman–Crippen LogP) is 1.18. The Morgan fingerprint density at radius 2 is 1.78 bits per heavy atom.